The monoisotopic (exact) mass is 303 g/mol. The summed E-state index contributed by atoms with van der Waals surface area (Å²) in [5.41, 5.74) is -2.03. The summed E-state index contributed by atoms with van der Waals surface area (Å²) in [6, 6.07) is 4.80. The molecule has 0 bridgehead atoms. The Balaban J connectivity index is 1.84. The number of nitrogens with one attached hydrogen (secondary N) is 1. The number of likely N-dealkylation sites (tertiary alicyclic amines) is 1. The fourth-order valence-corrected chi connectivity index (χ4v) is 2.14. The first-order valence-corrected chi connectivity index (χ1v) is 6.54. The Morgan fingerprint density at radius 2 is 2.05 bits per heavy atom. The van der Waals surface area contributed by atoms with E-state index in [9.17, 15) is 23.1 Å². The lowest BCUT2D eigenvalue weighted by Gasteiger charge is -2.38. The highest BCUT2D eigenvalue weighted by molar-refractivity contribution is 5.74. The van der Waals surface area contributed by atoms with E-state index < -0.39 is 30.7 Å². The molecule has 1 aliphatic rings. The van der Waals surface area contributed by atoms with Crippen LogP contribution in [0.4, 0.5) is 18.0 Å². The van der Waals surface area contributed by atoms with Gasteiger partial charge in [0.15, 0.2) is 5.60 Å². The van der Waals surface area contributed by atoms with Crippen LogP contribution in [0.3, 0.4) is 0 Å². The van der Waals surface area contributed by atoms with Gasteiger partial charge in [0.2, 0.25) is 0 Å². The van der Waals surface area contributed by atoms with Crippen molar-refractivity contribution in [1.29, 1.82) is 0 Å². The summed E-state index contributed by atoms with van der Waals surface area (Å²) in [7, 11) is 0. The summed E-state index contributed by atoms with van der Waals surface area (Å²) < 4.78 is 37.9. The molecule has 1 fully saturated rings. The number of hydrogen-bond acceptors (Lipinski definition) is 3. The second kappa shape index (κ2) is 5.88. The Kier molecular flexibility index (Phi) is 4.36. The van der Waals surface area contributed by atoms with Crippen LogP contribution in [0, 0.1) is 0 Å². The number of amides is 2. The van der Waals surface area contributed by atoms with E-state index in [1.54, 1.807) is 24.4 Å². The molecule has 1 aromatic rings. The van der Waals surface area contributed by atoms with Gasteiger partial charge in [-0.1, -0.05) is 6.07 Å². The van der Waals surface area contributed by atoms with Gasteiger partial charge in [-0.25, -0.2) is 4.79 Å². The minimum Gasteiger partial charge on any atom is -0.380 e. The van der Waals surface area contributed by atoms with Crippen molar-refractivity contribution < 1.29 is 23.1 Å². The van der Waals surface area contributed by atoms with Crippen molar-refractivity contribution in [2.75, 3.05) is 13.1 Å². The molecule has 2 heterocycles. The van der Waals surface area contributed by atoms with Crippen LogP contribution in [-0.2, 0) is 6.54 Å². The third-order valence-electron chi connectivity index (χ3n) is 3.55. The lowest BCUT2D eigenvalue weighted by atomic mass is 9.91. The maximum Gasteiger partial charge on any atom is 0.417 e. The number of carbonyl (C=O) groups excluding carboxylic acids is 1. The Bertz CT molecular complexity index is 485. The Morgan fingerprint density at radius 1 is 1.38 bits per heavy atom. The van der Waals surface area contributed by atoms with E-state index in [0.717, 1.165) is 0 Å². The summed E-state index contributed by atoms with van der Waals surface area (Å²) >= 11 is 0. The number of piperidine rings is 1. The van der Waals surface area contributed by atoms with E-state index in [4.69, 9.17) is 0 Å². The van der Waals surface area contributed by atoms with Crippen LogP contribution in [0.25, 0.3) is 0 Å². The van der Waals surface area contributed by atoms with Crippen LogP contribution in [0.5, 0.6) is 0 Å². The van der Waals surface area contributed by atoms with E-state index in [1.807, 2.05) is 0 Å². The molecule has 0 radical (unpaired) electrons. The fraction of sp³-hybridized carbons (Fsp3) is 0.538. The van der Waals surface area contributed by atoms with E-state index in [1.165, 1.54) is 4.90 Å². The summed E-state index contributed by atoms with van der Waals surface area (Å²) in [4.78, 5) is 17.2. The molecule has 1 aromatic heterocycles. The molecule has 2 N–H and O–H groups in total. The van der Waals surface area contributed by atoms with Gasteiger partial charge in [-0.3, -0.25) is 4.98 Å². The number of rotatable bonds is 2. The lowest BCUT2D eigenvalue weighted by Crippen LogP contribution is -2.55. The van der Waals surface area contributed by atoms with Crippen molar-refractivity contribution >= 4 is 6.03 Å². The van der Waals surface area contributed by atoms with Crippen LogP contribution in [0.15, 0.2) is 24.4 Å². The smallest absolute Gasteiger partial charge is 0.380 e. The molecule has 0 aliphatic carbocycles. The second-order valence-corrected chi connectivity index (χ2v) is 5.00. The number of alkyl halides is 3. The summed E-state index contributed by atoms with van der Waals surface area (Å²) in [5.74, 6) is 0. The summed E-state index contributed by atoms with van der Waals surface area (Å²) in [6.07, 6.45) is -4.09. The van der Waals surface area contributed by atoms with Crippen LogP contribution >= 0.6 is 0 Å². The average Bonchev–Trinajstić information content (AvgIpc) is 2.45. The molecule has 0 spiro atoms. The van der Waals surface area contributed by atoms with Gasteiger partial charge in [0.1, 0.15) is 0 Å². The first-order chi connectivity index (χ1) is 9.82. The molecule has 0 unspecified atom stereocenters. The van der Waals surface area contributed by atoms with Gasteiger partial charge >= 0.3 is 12.2 Å². The Morgan fingerprint density at radius 3 is 2.57 bits per heavy atom. The number of nitrogens with zero attached hydrogens (tertiary/aromatic N) is 2. The van der Waals surface area contributed by atoms with Crippen molar-refractivity contribution in [3.05, 3.63) is 30.1 Å². The Hall–Kier alpha value is -1.83. The van der Waals surface area contributed by atoms with Crippen molar-refractivity contribution in [2.45, 2.75) is 31.2 Å². The maximum atomic E-state index is 12.6. The molecule has 116 valence electrons. The topological polar surface area (TPSA) is 65.5 Å². The van der Waals surface area contributed by atoms with Gasteiger partial charge in [0.05, 0.1) is 12.2 Å². The highest BCUT2D eigenvalue weighted by Crippen LogP contribution is 2.38. The standard InChI is InChI=1S/C13H16F3N3O2/c14-13(15,16)12(21)4-7-19(8-5-12)11(20)18-9-10-3-1-2-6-17-10/h1-3,6,21H,4-5,7-9H2,(H,18,20). The van der Waals surface area contributed by atoms with Crippen molar-refractivity contribution in [3.8, 4) is 0 Å². The van der Waals surface area contributed by atoms with Gasteiger partial charge in [0.25, 0.3) is 0 Å². The molecule has 8 heteroatoms. The number of aliphatic hydroxyl groups is 1. The predicted molar refractivity (Wildman–Crippen MR) is 68.3 cm³/mol. The zero-order chi connectivity index (χ0) is 15.5. The number of hydrogen-bond donors (Lipinski definition) is 2. The number of halogens is 3. The van der Waals surface area contributed by atoms with Gasteiger partial charge in [-0.2, -0.15) is 13.2 Å². The third kappa shape index (κ3) is 3.63. The average molecular weight is 303 g/mol. The van der Waals surface area contributed by atoms with Gasteiger partial charge in [-0.05, 0) is 12.1 Å². The molecule has 5 nitrogen and oxygen atoms in total. The fourth-order valence-electron chi connectivity index (χ4n) is 2.14. The highest BCUT2D eigenvalue weighted by atomic mass is 19.4. The first kappa shape index (κ1) is 15.6. The van der Waals surface area contributed by atoms with E-state index in [2.05, 4.69) is 10.3 Å². The SMILES string of the molecule is O=C(NCc1ccccn1)N1CCC(O)(C(F)(F)F)CC1. The molecule has 0 aromatic carbocycles. The molecular formula is C13H16F3N3O2. The number of carbonyl (C=O) groups is 1. The summed E-state index contributed by atoms with van der Waals surface area (Å²) in [6.45, 7) is -0.0617. The highest BCUT2D eigenvalue weighted by Gasteiger charge is 2.54. The first-order valence-electron chi connectivity index (χ1n) is 6.54. The van der Waals surface area contributed by atoms with E-state index >= 15 is 0 Å². The molecule has 2 rings (SSSR count). The number of urea groups is 1. The summed E-state index contributed by atoms with van der Waals surface area (Å²) in [5, 5.41) is 12.1. The van der Waals surface area contributed by atoms with E-state index in [-0.39, 0.29) is 19.6 Å². The van der Waals surface area contributed by atoms with Crippen molar-refractivity contribution in [3.63, 3.8) is 0 Å². The normalized spacial score (nSPS) is 18.4. The minimum atomic E-state index is -4.66. The van der Waals surface area contributed by atoms with E-state index in [0.29, 0.717) is 5.69 Å². The van der Waals surface area contributed by atoms with Gasteiger partial charge in [-0.15, -0.1) is 0 Å². The van der Waals surface area contributed by atoms with Gasteiger partial charge < -0.3 is 15.3 Å². The van der Waals surface area contributed by atoms with Crippen LogP contribution in [0.2, 0.25) is 0 Å². The molecule has 2 amide bonds. The zero-order valence-corrected chi connectivity index (χ0v) is 11.2. The largest absolute Gasteiger partial charge is 0.417 e. The molecular weight excluding hydrogens is 287 g/mol. The quantitative estimate of drug-likeness (QED) is 0.873. The third-order valence-corrected chi connectivity index (χ3v) is 3.55. The maximum absolute atomic E-state index is 12.6. The van der Waals surface area contributed by atoms with Crippen LogP contribution < -0.4 is 5.32 Å². The van der Waals surface area contributed by atoms with Crippen molar-refractivity contribution in [1.82, 2.24) is 15.2 Å². The van der Waals surface area contributed by atoms with Crippen LogP contribution in [-0.4, -0.2) is 45.9 Å². The van der Waals surface area contributed by atoms with Crippen LogP contribution in [0.1, 0.15) is 18.5 Å². The molecule has 1 aliphatic heterocycles. The lowest BCUT2D eigenvalue weighted by molar-refractivity contribution is -0.271. The zero-order valence-electron chi connectivity index (χ0n) is 11.2. The molecule has 21 heavy (non-hydrogen) atoms. The second-order valence-electron chi connectivity index (χ2n) is 5.00. The predicted octanol–water partition coefficient (Wildman–Crippen LogP) is 1.68. The Labute approximate surface area is 119 Å². The molecule has 0 atom stereocenters. The molecule has 1 saturated heterocycles. The molecule has 0 saturated carbocycles. The van der Waals surface area contributed by atoms with Crippen molar-refractivity contribution in [2.24, 2.45) is 0 Å². The minimum absolute atomic E-state index is 0.135. The number of pyridine rings is 1. The number of aromatic nitrogens is 1. The van der Waals surface area contributed by atoms with Gasteiger partial charge in [0, 0.05) is 32.1 Å².